The molecule has 3 aromatic rings. The van der Waals surface area contributed by atoms with Crippen molar-refractivity contribution < 1.29 is 14.1 Å². The first-order chi connectivity index (χ1) is 13.1. The Morgan fingerprint density at radius 2 is 2.11 bits per heavy atom. The Morgan fingerprint density at radius 3 is 2.96 bits per heavy atom. The molecule has 0 radical (unpaired) electrons. The molecule has 0 aliphatic carbocycles. The molecule has 1 unspecified atom stereocenters. The minimum absolute atomic E-state index is 0.117. The summed E-state index contributed by atoms with van der Waals surface area (Å²) in [5.74, 6) is 1.50. The molecule has 2 aromatic carbocycles. The standard InChI is InChI=1S/C21H20N2O3S/c1-13-9-15-10-14(7-8-18(15)25-13)19-11-16(23-26-19)12-22-21(24)17-5-3-4-6-20(17)27-2/h3-8,10-11,13H,9,12H2,1-2H3,(H,22,24). The average molecular weight is 380 g/mol. The van der Waals surface area contributed by atoms with E-state index in [1.807, 2.05) is 48.7 Å². The number of rotatable bonds is 5. The van der Waals surface area contributed by atoms with E-state index in [4.69, 9.17) is 9.26 Å². The lowest BCUT2D eigenvalue weighted by molar-refractivity contribution is 0.0947. The first kappa shape index (κ1) is 17.7. The smallest absolute Gasteiger partial charge is 0.252 e. The molecule has 1 aliphatic heterocycles. The predicted octanol–water partition coefficient (Wildman–Crippen LogP) is 4.32. The van der Waals surface area contributed by atoms with Crippen LogP contribution in [0, 0.1) is 0 Å². The van der Waals surface area contributed by atoms with E-state index in [-0.39, 0.29) is 12.0 Å². The number of aromatic nitrogens is 1. The number of amides is 1. The fraction of sp³-hybridized carbons (Fsp3) is 0.238. The third-order valence-electron chi connectivity index (χ3n) is 4.52. The summed E-state index contributed by atoms with van der Waals surface area (Å²) >= 11 is 1.55. The van der Waals surface area contributed by atoms with Crippen LogP contribution in [0.15, 0.2) is 57.9 Å². The van der Waals surface area contributed by atoms with Gasteiger partial charge in [-0.15, -0.1) is 11.8 Å². The van der Waals surface area contributed by atoms with Crippen LogP contribution in [0.2, 0.25) is 0 Å². The predicted molar refractivity (Wildman–Crippen MR) is 105 cm³/mol. The number of ether oxygens (including phenoxy) is 1. The lowest BCUT2D eigenvalue weighted by Gasteiger charge is -2.06. The van der Waals surface area contributed by atoms with E-state index in [0.717, 1.165) is 22.6 Å². The Hall–Kier alpha value is -2.73. The van der Waals surface area contributed by atoms with Crippen LogP contribution in [0.1, 0.15) is 28.5 Å². The van der Waals surface area contributed by atoms with Crippen molar-refractivity contribution in [1.29, 1.82) is 0 Å². The molecule has 1 atom stereocenters. The van der Waals surface area contributed by atoms with Crippen molar-refractivity contribution in [3.05, 3.63) is 65.4 Å². The summed E-state index contributed by atoms with van der Waals surface area (Å²) in [6.07, 6.45) is 3.06. The summed E-state index contributed by atoms with van der Waals surface area (Å²) in [4.78, 5) is 13.4. The van der Waals surface area contributed by atoms with Gasteiger partial charge < -0.3 is 14.6 Å². The number of benzene rings is 2. The Morgan fingerprint density at radius 1 is 1.26 bits per heavy atom. The Bertz CT molecular complexity index is 983. The quantitative estimate of drug-likeness (QED) is 0.668. The molecule has 0 saturated carbocycles. The zero-order valence-corrected chi connectivity index (χ0v) is 16.0. The van der Waals surface area contributed by atoms with Crippen LogP contribution in [0.25, 0.3) is 11.3 Å². The third kappa shape index (κ3) is 3.71. The molecule has 1 amide bonds. The second-order valence-electron chi connectivity index (χ2n) is 6.52. The second kappa shape index (κ2) is 7.48. The number of hydrogen-bond acceptors (Lipinski definition) is 5. The van der Waals surface area contributed by atoms with Gasteiger partial charge in [0, 0.05) is 22.9 Å². The van der Waals surface area contributed by atoms with E-state index in [9.17, 15) is 4.79 Å². The van der Waals surface area contributed by atoms with Crippen LogP contribution in [0.3, 0.4) is 0 Å². The highest BCUT2D eigenvalue weighted by Gasteiger charge is 2.20. The fourth-order valence-electron chi connectivity index (χ4n) is 3.20. The van der Waals surface area contributed by atoms with Crippen molar-refractivity contribution in [2.45, 2.75) is 30.9 Å². The van der Waals surface area contributed by atoms with Gasteiger partial charge in [0.2, 0.25) is 0 Å². The summed E-state index contributed by atoms with van der Waals surface area (Å²) in [7, 11) is 0. The number of nitrogens with zero attached hydrogens (tertiary/aromatic N) is 1. The lowest BCUT2D eigenvalue weighted by atomic mass is 10.1. The maximum atomic E-state index is 12.4. The highest BCUT2D eigenvalue weighted by molar-refractivity contribution is 7.98. The van der Waals surface area contributed by atoms with Gasteiger partial charge in [-0.3, -0.25) is 4.79 Å². The van der Waals surface area contributed by atoms with Gasteiger partial charge in [-0.05, 0) is 49.1 Å². The average Bonchev–Trinajstić information content (AvgIpc) is 3.30. The molecule has 0 spiro atoms. The maximum Gasteiger partial charge on any atom is 0.252 e. The van der Waals surface area contributed by atoms with E-state index in [1.54, 1.807) is 11.8 Å². The van der Waals surface area contributed by atoms with Crippen LogP contribution in [0.4, 0.5) is 0 Å². The molecule has 27 heavy (non-hydrogen) atoms. The fourth-order valence-corrected chi connectivity index (χ4v) is 3.80. The molecule has 1 N–H and O–H groups in total. The first-order valence-corrected chi connectivity index (χ1v) is 10.0. The molecule has 5 nitrogen and oxygen atoms in total. The molecule has 1 aromatic heterocycles. The molecule has 0 bridgehead atoms. The Kier molecular flexibility index (Phi) is 4.90. The first-order valence-electron chi connectivity index (χ1n) is 8.81. The minimum Gasteiger partial charge on any atom is -0.490 e. The Balaban J connectivity index is 1.44. The van der Waals surface area contributed by atoms with Gasteiger partial charge in [0.15, 0.2) is 5.76 Å². The molecular weight excluding hydrogens is 360 g/mol. The molecule has 1 aliphatic rings. The van der Waals surface area contributed by atoms with Gasteiger partial charge in [-0.2, -0.15) is 0 Å². The molecule has 138 valence electrons. The van der Waals surface area contributed by atoms with E-state index < -0.39 is 0 Å². The number of hydrogen-bond donors (Lipinski definition) is 1. The summed E-state index contributed by atoms with van der Waals surface area (Å²) in [6.45, 7) is 2.38. The number of nitrogens with one attached hydrogen (secondary N) is 1. The van der Waals surface area contributed by atoms with E-state index in [0.29, 0.717) is 23.6 Å². The van der Waals surface area contributed by atoms with Crippen molar-refractivity contribution >= 4 is 17.7 Å². The van der Waals surface area contributed by atoms with E-state index in [1.165, 1.54) is 5.56 Å². The van der Waals surface area contributed by atoms with Gasteiger partial charge in [0.25, 0.3) is 5.91 Å². The van der Waals surface area contributed by atoms with E-state index >= 15 is 0 Å². The van der Waals surface area contributed by atoms with Crippen molar-refractivity contribution in [3.8, 4) is 17.1 Å². The number of carbonyl (C=O) groups excluding carboxylic acids is 1. The monoisotopic (exact) mass is 380 g/mol. The summed E-state index contributed by atoms with van der Waals surface area (Å²) in [5, 5.41) is 6.99. The number of thioether (sulfide) groups is 1. The zero-order chi connectivity index (χ0) is 18.8. The van der Waals surface area contributed by atoms with Crippen LogP contribution in [-0.2, 0) is 13.0 Å². The second-order valence-corrected chi connectivity index (χ2v) is 7.37. The van der Waals surface area contributed by atoms with Crippen LogP contribution >= 0.6 is 11.8 Å². The van der Waals surface area contributed by atoms with Crippen LogP contribution in [-0.4, -0.2) is 23.4 Å². The topological polar surface area (TPSA) is 64.4 Å². The largest absolute Gasteiger partial charge is 0.490 e. The maximum absolute atomic E-state index is 12.4. The van der Waals surface area contributed by atoms with Crippen LogP contribution in [0.5, 0.6) is 5.75 Å². The molecule has 0 fully saturated rings. The molecule has 2 heterocycles. The lowest BCUT2D eigenvalue weighted by Crippen LogP contribution is -2.23. The highest BCUT2D eigenvalue weighted by Crippen LogP contribution is 2.33. The van der Waals surface area contributed by atoms with Crippen molar-refractivity contribution in [2.24, 2.45) is 0 Å². The van der Waals surface area contributed by atoms with Gasteiger partial charge in [0.05, 0.1) is 12.1 Å². The normalized spacial score (nSPS) is 15.3. The SMILES string of the molecule is CSc1ccccc1C(=O)NCc1cc(-c2ccc3c(c2)CC(C)O3)on1. The molecular formula is C21H20N2O3S. The van der Waals surface area contributed by atoms with Gasteiger partial charge in [-0.25, -0.2) is 0 Å². The third-order valence-corrected chi connectivity index (χ3v) is 5.32. The van der Waals surface area contributed by atoms with Crippen LogP contribution < -0.4 is 10.1 Å². The molecule has 0 saturated heterocycles. The van der Waals surface area contributed by atoms with Crippen molar-refractivity contribution in [2.75, 3.05) is 6.26 Å². The molecule has 6 heteroatoms. The minimum atomic E-state index is -0.117. The van der Waals surface area contributed by atoms with Crippen molar-refractivity contribution in [1.82, 2.24) is 10.5 Å². The van der Waals surface area contributed by atoms with Gasteiger partial charge in [0.1, 0.15) is 17.5 Å². The number of fused-ring (bicyclic) bond motifs is 1. The number of carbonyl (C=O) groups is 1. The summed E-state index contributed by atoms with van der Waals surface area (Å²) < 4.78 is 11.2. The van der Waals surface area contributed by atoms with Crippen molar-refractivity contribution in [3.63, 3.8) is 0 Å². The van der Waals surface area contributed by atoms with E-state index in [2.05, 4.69) is 23.5 Å². The summed E-state index contributed by atoms with van der Waals surface area (Å²) in [6, 6.07) is 15.4. The molecule has 4 rings (SSSR count). The van der Waals surface area contributed by atoms with Gasteiger partial charge in [-0.1, -0.05) is 17.3 Å². The van der Waals surface area contributed by atoms with Gasteiger partial charge >= 0.3 is 0 Å². The highest BCUT2D eigenvalue weighted by atomic mass is 32.2. The Labute approximate surface area is 162 Å². The summed E-state index contributed by atoms with van der Waals surface area (Å²) in [5.41, 5.74) is 3.50. The zero-order valence-electron chi connectivity index (χ0n) is 15.2.